The van der Waals surface area contributed by atoms with Crippen LogP contribution in [-0.2, 0) is 16.1 Å². The van der Waals surface area contributed by atoms with Crippen LogP contribution in [-0.4, -0.2) is 66.3 Å². The molecule has 1 aromatic carbocycles. The number of carboxylic acids is 1. The molecule has 0 radical (unpaired) electrons. The van der Waals surface area contributed by atoms with Crippen LogP contribution in [0.15, 0.2) is 18.2 Å². The van der Waals surface area contributed by atoms with E-state index in [2.05, 4.69) is 9.80 Å². The monoisotopic (exact) mass is 366 g/mol. The molecule has 142 valence electrons. The SMILES string of the molecule is O=C(O)[C@@]12CN(Cc3ccc(F)c(F)c3)C[C@@H]1CN(C1CCOCC1)C2. The lowest BCUT2D eigenvalue weighted by atomic mass is 9.81. The molecule has 2 atom stereocenters. The van der Waals surface area contributed by atoms with Gasteiger partial charge in [0.1, 0.15) is 0 Å². The number of carboxylic acid groups (broad SMARTS) is 1. The predicted octanol–water partition coefficient (Wildman–Crippen LogP) is 1.96. The van der Waals surface area contributed by atoms with Crippen LogP contribution in [0.3, 0.4) is 0 Å². The van der Waals surface area contributed by atoms with Crippen LogP contribution in [0.25, 0.3) is 0 Å². The summed E-state index contributed by atoms with van der Waals surface area (Å²) >= 11 is 0. The van der Waals surface area contributed by atoms with Crippen LogP contribution in [0.4, 0.5) is 8.78 Å². The molecule has 0 spiro atoms. The first-order valence-corrected chi connectivity index (χ1v) is 9.19. The molecule has 1 N–H and O–H groups in total. The smallest absolute Gasteiger partial charge is 0.312 e. The van der Waals surface area contributed by atoms with Crippen LogP contribution in [0, 0.1) is 23.0 Å². The van der Waals surface area contributed by atoms with Crippen molar-refractivity contribution >= 4 is 5.97 Å². The molecule has 3 aliphatic heterocycles. The second-order valence-electron chi connectivity index (χ2n) is 7.85. The molecular weight excluding hydrogens is 342 g/mol. The third-order valence-electron chi connectivity index (χ3n) is 6.23. The Bertz CT molecular complexity index is 695. The van der Waals surface area contributed by atoms with Crippen LogP contribution >= 0.6 is 0 Å². The Balaban J connectivity index is 1.46. The molecule has 4 rings (SSSR count). The van der Waals surface area contributed by atoms with E-state index in [1.54, 1.807) is 6.07 Å². The molecule has 3 saturated heterocycles. The van der Waals surface area contributed by atoms with Crippen molar-refractivity contribution in [1.82, 2.24) is 9.80 Å². The summed E-state index contributed by atoms with van der Waals surface area (Å²) in [6.07, 6.45) is 1.92. The highest BCUT2D eigenvalue weighted by Gasteiger charge is 2.58. The molecule has 7 heteroatoms. The first kappa shape index (κ1) is 17.8. The van der Waals surface area contributed by atoms with Crippen molar-refractivity contribution in [3.63, 3.8) is 0 Å². The number of aliphatic carboxylic acids is 1. The fraction of sp³-hybridized carbons (Fsp3) is 0.632. The molecule has 0 aromatic heterocycles. The van der Waals surface area contributed by atoms with Gasteiger partial charge < -0.3 is 9.84 Å². The summed E-state index contributed by atoms with van der Waals surface area (Å²) in [4.78, 5) is 16.5. The lowest BCUT2D eigenvalue weighted by molar-refractivity contribution is -0.149. The summed E-state index contributed by atoms with van der Waals surface area (Å²) in [7, 11) is 0. The number of fused-ring (bicyclic) bond motifs is 1. The number of ether oxygens (including phenoxy) is 1. The minimum Gasteiger partial charge on any atom is -0.481 e. The summed E-state index contributed by atoms with van der Waals surface area (Å²) in [6.45, 7) is 4.40. The molecule has 3 aliphatic rings. The minimum absolute atomic E-state index is 0.0631. The maximum atomic E-state index is 13.4. The molecule has 0 amide bonds. The van der Waals surface area contributed by atoms with Gasteiger partial charge in [-0.15, -0.1) is 0 Å². The van der Waals surface area contributed by atoms with E-state index in [1.807, 2.05) is 0 Å². The average Bonchev–Trinajstić information content (AvgIpc) is 3.14. The van der Waals surface area contributed by atoms with Gasteiger partial charge in [-0.05, 0) is 30.5 Å². The predicted molar refractivity (Wildman–Crippen MR) is 90.6 cm³/mol. The van der Waals surface area contributed by atoms with Gasteiger partial charge in [-0.1, -0.05) is 6.07 Å². The van der Waals surface area contributed by atoms with Crippen molar-refractivity contribution in [3.8, 4) is 0 Å². The third kappa shape index (κ3) is 3.12. The van der Waals surface area contributed by atoms with Gasteiger partial charge in [0.25, 0.3) is 0 Å². The Morgan fingerprint density at radius 3 is 2.62 bits per heavy atom. The summed E-state index contributed by atoms with van der Waals surface area (Å²) in [6, 6.07) is 4.30. The first-order chi connectivity index (χ1) is 12.5. The van der Waals surface area contributed by atoms with E-state index in [4.69, 9.17) is 4.74 Å². The third-order valence-corrected chi connectivity index (χ3v) is 6.23. The normalized spacial score (nSPS) is 30.6. The number of halogens is 2. The van der Waals surface area contributed by atoms with E-state index in [0.29, 0.717) is 37.8 Å². The summed E-state index contributed by atoms with van der Waals surface area (Å²) < 4.78 is 32.0. The van der Waals surface area contributed by atoms with E-state index in [-0.39, 0.29) is 5.92 Å². The summed E-state index contributed by atoms with van der Waals surface area (Å²) in [5.41, 5.74) is -0.0950. The topological polar surface area (TPSA) is 53.0 Å². The molecule has 0 saturated carbocycles. The number of benzene rings is 1. The highest BCUT2D eigenvalue weighted by atomic mass is 19.2. The van der Waals surface area contributed by atoms with E-state index in [0.717, 1.165) is 38.7 Å². The number of nitrogens with zero attached hydrogens (tertiary/aromatic N) is 2. The molecule has 0 bridgehead atoms. The molecule has 3 fully saturated rings. The summed E-state index contributed by atoms with van der Waals surface area (Å²) in [5.74, 6) is -2.40. The lowest BCUT2D eigenvalue weighted by Crippen LogP contribution is -2.44. The Morgan fingerprint density at radius 1 is 1.19 bits per heavy atom. The Hall–Kier alpha value is -1.57. The Morgan fingerprint density at radius 2 is 1.96 bits per heavy atom. The van der Waals surface area contributed by atoms with Crippen molar-refractivity contribution in [1.29, 1.82) is 0 Å². The highest BCUT2D eigenvalue weighted by molar-refractivity contribution is 5.77. The Labute approximate surface area is 151 Å². The zero-order chi connectivity index (χ0) is 18.3. The lowest BCUT2D eigenvalue weighted by Gasteiger charge is -2.33. The maximum absolute atomic E-state index is 13.4. The fourth-order valence-corrected chi connectivity index (χ4v) is 4.86. The number of likely N-dealkylation sites (tertiary alicyclic amines) is 2. The fourth-order valence-electron chi connectivity index (χ4n) is 4.86. The number of rotatable bonds is 4. The average molecular weight is 366 g/mol. The standard InChI is InChI=1S/C19H24F2N2O3/c20-16-2-1-13(7-17(16)21)8-22-9-14-10-23(15-3-5-26-6-4-15)12-19(14,11-22)18(24)25/h1-2,7,14-15H,3-6,8-12H2,(H,24,25)/t14-,19-/m1/s1. The van der Waals surface area contributed by atoms with Gasteiger partial charge in [0.2, 0.25) is 0 Å². The molecule has 5 nitrogen and oxygen atoms in total. The van der Waals surface area contributed by atoms with E-state index < -0.39 is 23.0 Å². The van der Waals surface area contributed by atoms with Gasteiger partial charge in [-0.3, -0.25) is 14.6 Å². The van der Waals surface area contributed by atoms with Gasteiger partial charge in [-0.25, -0.2) is 8.78 Å². The molecule has 3 heterocycles. The number of hydrogen-bond donors (Lipinski definition) is 1. The van der Waals surface area contributed by atoms with E-state index >= 15 is 0 Å². The van der Waals surface area contributed by atoms with E-state index in [1.165, 1.54) is 6.07 Å². The van der Waals surface area contributed by atoms with Gasteiger partial charge in [0, 0.05) is 57.9 Å². The van der Waals surface area contributed by atoms with Crippen LogP contribution < -0.4 is 0 Å². The number of hydrogen-bond acceptors (Lipinski definition) is 4. The quantitative estimate of drug-likeness (QED) is 0.883. The molecular formula is C19H24F2N2O3. The molecule has 0 unspecified atom stereocenters. The first-order valence-electron chi connectivity index (χ1n) is 9.19. The van der Waals surface area contributed by atoms with Crippen LogP contribution in [0.5, 0.6) is 0 Å². The van der Waals surface area contributed by atoms with Crippen molar-refractivity contribution in [2.24, 2.45) is 11.3 Å². The van der Waals surface area contributed by atoms with Gasteiger partial charge in [0.05, 0.1) is 5.41 Å². The largest absolute Gasteiger partial charge is 0.481 e. The molecule has 1 aromatic rings. The van der Waals surface area contributed by atoms with Crippen molar-refractivity contribution < 1.29 is 23.4 Å². The van der Waals surface area contributed by atoms with Crippen molar-refractivity contribution in [2.45, 2.75) is 25.4 Å². The van der Waals surface area contributed by atoms with Gasteiger partial charge >= 0.3 is 5.97 Å². The number of carbonyl (C=O) groups is 1. The maximum Gasteiger partial charge on any atom is 0.312 e. The van der Waals surface area contributed by atoms with Crippen molar-refractivity contribution in [3.05, 3.63) is 35.4 Å². The van der Waals surface area contributed by atoms with Crippen LogP contribution in [0.2, 0.25) is 0 Å². The highest BCUT2D eigenvalue weighted by Crippen LogP contribution is 2.44. The molecule has 0 aliphatic carbocycles. The van der Waals surface area contributed by atoms with Gasteiger partial charge in [-0.2, -0.15) is 0 Å². The zero-order valence-electron chi connectivity index (χ0n) is 14.7. The van der Waals surface area contributed by atoms with Gasteiger partial charge in [0.15, 0.2) is 11.6 Å². The molecule has 26 heavy (non-hydrogen) atoms. The second kappa shape index (κ2) is 6.87. The van der Waals surface area contributed by atoms with Crippen LogP contribution in [0.1, 0.15) is 18.4 Å². The van der Waals surface area contributed by atoms with Crippen molar-refractivity contribution in [2.75, 3.05) is 39.4 Å². The Kier molecular flexibility index (Phi) is 4.71. The summed E-state index contributed by atoms with van der Waals surface area (Å²) in [5, 5.41) is 9.97. The van der Waals surface area contributed by atoms with E-state index in [9.17, 15) is 18.7 Å². The zero-order valence-corrected chi connectivity index (χ0v) is 14.7. The minimum atomic E-state index is -0.861. The second-order valence-corrected chi connectivity index (χ2v) is 7.85.